The van der Waals surface area contributed by atoms with Crippen LogP contribution in [0.2, 0.25) is 0 Å². The van der Waals surface area contributed by atoms with E-state index in [-0.39, 0.29) is 5.56 Å². The second-order valence-corrected chi connectivity index (χ2v) is 3.04. The molecule has 0 bridgehead atoms. The molecule has 0 atom stereocenters. The predicted octanol–water partition coefficient (Wildman–Crippen LogP) is 1.67. The topological polar surface area (TPSA) is 47.3 Å². The van der Waals surface area contributed by atoms with Crippen LogP contribution in [-0.2, 0) is 0 Å². The largest absolute Gasteiger partial charge is 0.421 e. The minimum Gasteiger partial charge on any atom is -0.421 e. The van der Waals surface area contributed by atoms with Crippen LogP contribution < -0.4 is 5.63 Å². The lowest BCUT2D eigenvalue weighted by molar-refractivity contribution is 0.112. The molecule has 0 N–H and O–H groups in total. The second kappa shape index (κ2) is 2.57. The van der Waals surface area contributed by atoms with Gasteiger partial charge >= 0.3 is 5.63 Å². The lowest BCUT2D eigenvalue weighted by Crippen LogP contribution is -2.04. The molecule has 60 valence electrons. The SMILES string of the molecule is O=Cc1cc2cscc2oc1=O. The van der Waals surface area contributed by atoms with Gasteiger partial charge in [0, 0.05) is 16.1 Å². The van der Waals surface area contributed by atoms with Crippen molar-refractivity contribution in [2.45, 2.75) is 0 Å². The van der Waals surface area contributed by atoms with E-state index in [2.05, 4.69) is 0 Å². The van der Waals surface area contributed by atoms with Gasteiger partial charge in [0.25, 0.3) is 0 Å². The van der Waals surface area contributed by atoms with E-state index in [4.69, 9.17) is 4.42 Å². The first-order valence-electron chi connectivity index (χ1n) is 3.26. The number of hydrogen-bond donors (Lipinski definition) is 0. The Morgan fingerprint density at radius 2 is 2.25 bits per heavy atom. The summed E-state index contributed by atoms with van der Waals surface area (Å²) in [5, 5.41) is 4.35. The van der Waals surface area contributed by atoms with Gasteiger partial charge in [0.1, 0.15) is 11.1 Å². The number of fused-ring (bicyclic) bond motifs is 1. The van der Waals surface area contributed by atoms with Crippen molar-refractivity contribution < 1.29 is 9.21 Å². The van der Waals surface area contributed by atoms with Crippen LogP contribution in [0, 0.1) is 0 Å². The van der Waals surface area contributed by atoms with Crippen molar-refractivity contribution in [1.29, 1.82) is 0 Å². The van der Waals surface area contributed by atoms with Gasteiger partial charge in [-0.1, -0.05) is 0 Å². The third kappa shape index (κ3) is 0.967. The number of hydrogen-bond acceptors (Lipinski definition) is 4. The van der Waals surface area contributed by atoms with Crippen molar-refractivity contribution in [3.05, 3.63) is 32.8 Å². The Hall–Kier alpha value is -1.42. The third-order valence-corrected chi connectivity index (χ3v) is 2.27. The first-order valence-corrected chi connectivity index (χ1v) is 4.21. The zero-order valence-corrected chi connectivity index (χ0v) is 6.76. The molecule has 3 nitrogen and oxygen atoms in total. The molecule has 0 saturated heterocycles. The molecule has 0 spiro atoms. The van der Waals surface area contributed by atoms with Gasteiger partial charge in [0.2, 0.25) is 0 Å². The van der Waals surface area contributed by atoms with E-state index in [1.807, 2.05) is 5.38 Å². The first kappa shape index (κ1) is 7.24. The zero-order valence-electron chi connectivity index (χ0n) is 5.94. The van der Waals surface area contributed by atoms with E-state index in [0.717, 1.165) is 5.39 Å². The summed E-state index contributed by atoms with van der Waals surface area (Å²) in [4.78, 5) is 21.3. The molecule has 0 aromatic carbocycles. The second-order valence-electron chi connectivity index (χ2n) is 2.30. The van der Waals surface area contributed by atoms with Crippen LogP contribution in [0.1, 0.15) is 10.4 Å². The summed E-state index contributed by atoms with van der Waals surface area (Å²) in [5.41, 5.74) is 0.0346. The van der Waals surface area contributed by atoms with Crippen LogP contribution >= 0.6 is 11.3 Å². The van der Waals surface area contributed by atoms with E-state index in [0.29, 0.717) is 11.9 Å². The molecule has 2 aromatic rings. The first-order chi connectivity index (χ1) is 5.81. The summed E-state index contributed by atoms with van der Waals surface area (Å²) in [5.74, 6) is 0. The molecule has 12 heavy (non-hydrogen) atoms. The van der Waals surface area contributed by atoms with Crippen LogP contribution in [0.5, 0.6) is 0 Å². The Kier molecular flexibility index (Phi) is 1.55. The number of rotatable bonds is 1. The van der Waals surface area contributed by atoms with E-state index in [1.54, 1.807) is 5.38 Å². The van der Waals surface area contributed by atoms with Gasteiger partial charge in [-0.2, -0.15) is 0 Å². The summed E-state index contributed by atoms with van der Waals surface area (Å²) in [6.45, 7) is 0. The molecular formula is C8H4O3S. The number of aldehydes is 1. The maximum Gasteiger partial charge on any atom is 0.346 e. The lowest BCUT2D eigenvalue weighted by atomic mass is 10.2. The van der Waals surface area contributed by atoms with Crippen molar-refractivity contribution in [2.75, 3.05) is 0 Å². The Morgan fingerprint density at radius 3 is 3.00 bits per heavy atom. The third-order valence-electron chi connectivity index (χ3n) is 1.53. The zero-order chi connectivity index (χ0) is 8.55. The molecule has 0 aliphatic rings. The lowest BCUT2D eigenvalue weighted by Gasteiger charge is -1.88. The molecule has 0 saturated carbocycles. The normalized spacial score (nSPS) is 10.3. The molecular weight excluding hydrogens is 176 g/mol. The average molecular weight is 180 g/mol. The molecule has 2 rings (SSSR count). The van der Waals surface area contributed by atoms with Gasteiger partial charge in [-0.25, -0.2) is 4.79 Å². The van der Waals surface area contributed by atoms with E-state index in [9.17, 15) is 9.59 Å². The average Bonchev–Trinajstić information content (AvgIpc) is 2.49. The van der Waals surface area contributed by atoms with Crippen molar-refractivity contribution in [2.24, 2.45) is 0 Å². The van der Waals surface area contributed by atoms with E-state index >= 15 is 0 Å². The number of carbonyl (C=O) groups is 1. The van der Waals surface area contributed by atoms with Gasteiger partial charge in [0.15, 0.2) is 6.29 Å². The maximum atomic E-state index is 11.0. The fraction of sp³-hybridized carbons (Fsp3) is 0. The quantitative estimate of drug-likeness (QED) is 0.627. The molecule has 2 heterocycles. The van der Waals surface area contributed by atoms with Gasteiger partial charge < -0.3 is 4.42 Å². The molecule has 0 radical (unpaired) electrons. The molecule has 0 fully saturated rings. The standard InChI is InChI=1S/C8H4O3S/c9-2-5-1-6-3-12-4-7(6)11-8(5)10/h1-4H. The molecule has 4 heteroatoms. The van der Waals surface area contributed by atoms with Crippen molar-refractivity contribution >= 4 is 28.6 Å². The summed E-state index contributed by atoms with van der Waals surface area (Å²) in [6.07, 6.45) is 0.503. The predicted molar refractivity (Wildman–Crippen MR) is 45.7 cm³/mol. The molecule has 0 aliphatic heterocycles. The Labute approximate surface area is 71.2 Å². The highest BCUT2D eigenvalue weighted by atomic mass is 32.1. The van der Waals surface area contributed by atoms with E-state index < -0.39 is 5.63 Å². The fourth-order valence-corrected chi connectivity index (χ4v) is 1.66. The Morgan fingerprint density at radius 1 is 1.42 bits per heavy atom. The number of carbonyl (C=O) groups excluding carboxylic acids is 1. The summed E-state index contributed by atoms with van der Waals surface area (Å²) >= 11 is 1.43. The minimum absolute atomic E-state index is 0.0703. The highest BCUT2D eigenvalue weighted by molar-refractivity contribution is 7.09. The molecule has 0 aliphatic carbocycles. The van der Waals surface area contributed by atoms with Crippen LogP contribution in [-0.4, -0.2) is 6.29 Å². The van der Waals surface area contributed by atoms with Gasteiger partial charge in [-0.15, -0.1) is 11.3 Å². The minimum atomic E-state index is -0.573. The highest BCUT2D eigenvalue weighted by Gasteiger charge is 2.03. The van der Waals surface area contributed by atoms with Crippen LogP contribution in [0.3, 0.4) is 0 Å². The summed E-state index contributed by atoms with van der Waals surface area (Å²) in [7, 11) is 0. The highest BCUT2D eigenvalue weighted by Crippen LogP contribution is 2.17. The van der Waals surface area contributed by atoms with Gasteiger partial charge in [-0.05, 0) is 6.07 Å². The van der Waals surface area contributed by atoms with Gasteiger partial charge in [0.05, 0.1) is 0 Å². The van der Waals surface area contributed by atoms with Crippen molar-refractivity contribution in [3.8, 4) is 0 Å². The molecule has 0 unspecified atom stereocenters. The maximum absolute atomic E-state index is 11.0. The summed E-state index contributed by atoms with van der Waals surface area (Å²) in [6, 6.07) is 1.53. The van der Waals surface area contributed by atoms with Crippen molar-refractivity contribution in [3.63, 3.8) is 0 Å². The smallest absolute Gasteiger partial charge is 0.346 e. The van der Waals surface area contributed by atoms with Crippen LogP contribution in [0.15, 0.2) is 26.0 Å². The Balaban J connectivity index is 2.90. The number of thiophene rings is 1. The van der Waals surface area contributed by atoms with Gasteiger partial charge in [-0.3, -0.25) is 4.79 Å². The summed E-state index contributed by atoms with van der Waals surface area (Å²) < 4.78 is 4.85. The van der Waals surface area contributed by atoms with Crippen LogP contribution in [0.25, 0.3) is 11.0 Å². The monoisotopic (exact) mass is 180 g/mol. The molecule has 2 aromatic heterocycles. The van der Waals surface area contributed by atoms with Crippen molar-refractivity contribution in [1.82, 2.24) is 0 Å². The van der Waals surface area contributed by atoms with E-state index in [1.165, 1.54) is 17.4 Å². The fourth-order valence-electron chi connectivity index (χ4n) is 0.951. The molecule has 0 amide bonds. The van der Waals surface area contributed by atoms with Crippen LogP contribution in [0.4, 0.5) is 0 Å². The Bertz CT molecular complexity index is 480.